The van der Waals surface area contributed by atoms with Crippen LogP contribution in [0.2, 0.25) is 33.2 Å². The summed E-state index contributed by atoms with van der Waals surface area (Å²) < 4.78 is 8.68. The van der Waals surface area contributed by atoms with E-state index < -0.39 is 16.5 Å². The molecule has 4 nitrogen and oxygen atoms in total. The maximum Gasteiger partial charge on any atom is 0.307 e. The van der Waals surface area contributed by atoms with E-state index in [0.717, 1.165) is 6.01 Å². The third-order valence-corrected chi connectivity index (χ3v) is 22.2. The fourth-order valence-corrected chi connectivity index (χ4v) is 25.8. The van der Waals surface area contributed by atoms with Gasteiger partial charge < -0.3 is 8.75 Å². The molecular weight excluding hydrogens is 354 g/mol. The number of anilines is 1. The SMILES string of the molecule is CC(C)[Si](C(C)C)(C(C)C)N(c1ncno1)[Si](C(C)C)(C(C)C)C(C)C. The molecule has 1 aromatic rings. The van der Waals surface area contributed by atoms with Crippen molar-refractivity contribution in [2.24, 2.45) is 0 Å². The topological polar surface area (TPSA) is 42.2 Å². The van der Waals surface area contributed by atoms with Crippen LogP contribution in [0.1, 0.15) is 83.1 Å². The average Bonchev–Trinajstić information content (AvgIpc) is 2.97. The molecule has 1 rings (SSSR count). The summed E-state index contributed by atoms with van der Waals surface area (Å²) in [6, 6.07) is 0.788. The quantitative estimate of drug-likeness (QED) is 0.412. The summed E-state index contributed by atoms with van der Waals surface area (Å²) in [5.74, 6) is 0. The molecule has 26 heavy (non-hydrogen) atoms. The molecule has 0 unspecified atom stereocenters. The summed E-state index contributed by atoms with van der Waals surface area (Å²) in [7, 11) is -3.97. The Balaban J connectivity index is 4.00. The molecule has 0 aromatic carbocycles. The third kappa shape index (κ3) is 3.43. The van der Waals surface area contributed by atoms with Crippen molar-refractivity contribution in [2.75, 3.05) is 4.23 Å². The Morgan fingerprint density at radius 2 is 0.962 bits per heavy atom. The van der Waals surface area contributed by atoms with E-state index in [2.05, 4.69) is 97.5 Å². The second-order valence-corrected chi connectivity index (χ2v) is 21.6. The van der Waals surface area contributed by atoms with Crippen LogP contribution < -0.4 is 4.23 Å². The van der Waals surface area contributed by atoms with Crippen LogP contribution in [-0.4, -0.2) is 26.6 Å². The molecule has 0 aliphatic heterocycles. The van der Waals surface area contributed by atoms with Crippen molar-refractivity contribution < 1.29 is 4.52 Å². The Morgan fingerprint density at radius 3 is 1.15 bits per heavy atom. The van der Waals surface area contributed by atoms with Gasteiger partial charge in [0.05, 0.1) is 0 Å². The highest BCUT2D eigenvalue weighted by Gasteiger charge is 2.61. The van der Waals surface area contributed by atoms with E-state index in [1.165, 1.54) is 0 Å². The first-order valence-electron chi connectivity index (χ1n) is 10.5. The standard InChI is InChI=1S/C20H43N3OSi2/c1-14(2)25(15(3)4,16(5)6)23(20-21-13-22-24-20)26(17(7)8,18(9)10)19(11)12/h13-19H,1-12H3. The molecular formula is C20H43N3OSi2. The lowest BCUT2D eigenvalue weighted by atomic mass is 10.5. The number of nitrogens with zero attached hydrogens (tertiary/aromatic N) is 3. The third-order valence-electron chi connectivity index (χ3n) is 6.86. The van der Waals surface area contributed by atoms with Crippen molar-refractivity contribution in [2.45, 2.75) is 116 Å². The molecule has 0 saturated heterocycles. The van der Waals surface area contributed by atoms with E-state index in [0.29, 0.717) is 33.2 Å². The average molecular weight is 398 g/mol. The first kappa shape index (κ1) is 23.4. The van der Waals surface area contributed by atoms with Crippen LogP contribution in [0.15, 0.2) is 10.9 Å². The van der Waals surface area contributed by atoms with Crippen LogP contribution >= 0.6 is 0 Å². The smallest absolute Gasteiger partial charge is 0.307 e. The molecule has 0 saturated carbocycles. The first-order valence-corrected chi connectivity index (χ1v) is 14.8. The van der Waals surface area contributed by atoms with Crippen molar-refractivity contribution in [3.8, 4) is 0 Å². The maximum absolute atomic E-state index is 5.84. The molecule has 0 radical (unpaired) electrons. The lowest BCUT2D eigenvalue weighted by molar-refractivity contribution is 0.425. The van der Waals surface area contributed by atoms with Crippen molar-refractivity contribution in [3.05, 3.63) is 6.33 Å². The molecule has 0 spiro atoms. The minimum absolute atomic E-state index is 0.609. The van der Waals surface area contributed by atoms with E-state index in [1.54, 1.807) is 6.33 Å². The zero-order chi connectivity index (χ0) is 20.4. The minimum atomic E-state index is -1.99. The van der Waals surface area contributed by atoms with Gasteiger partial charge in [0, 0.05) is 0 Å². The first-order chi connectivity index (χ1) is 11.9. The predicted octanol–water partition coefficient (Wildman–Crippen LogP) is 7.23. The van der Waals surface area contributed by atoms with Gasteiger partial charge >= 0.3 is 6.01 Å². The van der Waals surface area contributed by atoms with Gasteiger partial charge in [0.25, 0.3) is 0 Å². The van der Waals surface area contributed by atoms with Gasteiger partial charge in [-0.05, 0) is 33.2 Å². The molecule has 0 aliphatic carbocycles. The van der Waals surface area contributed by atoms with E-state index in [4.69, 9.17) is 4.52 Å². The monoisotopic (exact) mass is 397 g/mol. The van der Waals surface area contributed by atoms with Gasteiger partial charge in [-0.1, -0.05) is 88.2 Å². The number of aromatic nitrogens is 2. The highest BCUT2D eigenvalue weighted by atomic mass is 28.4. The summed E-state index contributed by atoms with van der Waals surface area (Å²) in [5.41, 5.74) is 3.65. The van der Waals surface area contributed by atoms with Crippen LogP contribution in [0, 0.1) is 0 Å². The normalized spacial score (nSPS) is 13.9. The van der Waals surface area contributed by atoms with Gasteiger partial charge in [0.15, 0.2) is 22.8 Å². The van der Waals surface area contributed by atoms with E-state index >= 15 is 0 Å². The zero-order valence-corrected chi connectivity index (χ0v) is 21.3. The second-order valence-electron chi connectivity index (χ2n) is 9.76. The summed E-state index contributed by atoms with van der Waals surface area (Å²) in [5, 5.41) is 4.04. The summed E-state index contributed by atoms with van der Waals surface area (Å²) >= 11 is 0. The molecule has 0 N–H and O–H groups in total. The van der Waals surface area contributed by atoms with Crippen LogP contribution in [0.25, 0.3) is 0 Å². The van der Waals surface area contributed by atoms with Crippen LogP contribution in [0.5, 0.6) is 0 Å². The Bertz CT molecular complexity index is 464. The highest BCUT2D eigenvalue weighted by molar-refractivity contribution is 7.05. The lowest BCUT2D eigenvalue weighted by Gasteiger charge is -2.61. The summed E-state index contributed by atoms with van der Waals surface area (Å²) in [6.07, 6.45) is 1.59. The van der Waals surface area contributed by atoms with Gasteiger partial charge in [0.1, 0.15) is 0 Å². The van der Waals surface area contributed by atoms with Crippen molar-refractivity contribution in [3.63, 3.8) is 0 Å². The van der Waals surface area contributed by atoms with Gasteiger partial charge in [-0.25, -0.2) is 0 Å². The highest BCUT2D eigenvalue weighted by Crippen LogP contribution is 2.54. The van der Waals surface area contributed by atoms with E-state index in [1.807, 2.05) is 0 Å². The number of hydrogen-bond acceptors (Lipinski definition) is 4. The largest absolute Gasteiger partial charge is 0.376 e. The lowest BCUT2D eigenvalue weighted by Crippen LogP contribution is -2.74. The van der Waals surface area contributed by atoms with Gasteiger partial charge in [-0.15, -0.1) is 0 Å². The van der Waals surface area contributed by atoms with Gasteiger partial charge in [-0.2, -0.15) is 4.98 Å². The van der Waals surface area contributed by atoms with Crippen molar-refractivity contribution >= 4 is 22.5 Å². The number of rotatable bonds is 9. The molecule has 0 fully saturated rings. The van der Waals surface area contributed by atoms with Crippen molar-refractivity contribution in [1.29, 1.82) is 0 Å². The minimum Gasteiger partial charge on any atom is -0.376 e. The van der Waals surface area contributed by atoms with Crippen LogP contribution in [0.4, 0.5) is 6.01 Å². The molecule has 0 amide bonds. The Morgan fingerprint density at radius 1 is 0.654 bits per heavy atom. The number of hydrogen-bond donors (Lipinski definition) is 0. The molecule has 0 atom stereocenters. The second kappa shape index (κ2) is 8.59. The molecule has 152 valence electrons. The Hall–Kier alpha value is -0.626. The van der Waals surface area contributed by atoms with Crippen molar-refractivity contribution in [1.82, 2.24) is 10.1 Å². The summed E-state index contributed by atoms with van der Waals surface area (Å²) in [6.45, 7) is 29.1. The Kier molecular flexibility index (Phi) is 7.73. The molecule has 1 aromatic heterocycles. The van der Waals surface area contributed by atoms with E-state index in [9.17, 15) is 0 Å². The summed E-state index contributed by atoms with van der Waals surface area (Å²) in [4.78, 5) is 4.66. The molecule has 0 aliphatic rings. The predicted molar refractivity (Wildman–Crippen MR) is 119 cm³/mol. The molecule has 0 bridgehead atoms. The zero-order valence-electron chi connectivity index (χ0n) is 19.3. The fourth-order valence-electron chi connectivity index (χ4n) is 6.48. The van der Waals surface area contributed by atoms with Gasteiger partial charge in [0.2, 0.25) is 0 Å². The van der Waals surface area contributed by atoms with E-state index in [-0.39, 0.29) is 0 Å². The molecule has 1 heterocycles. The molecule has 6 heteroatoms. The van der Waals surface area contributed by atoms with Gasteiger partial charge in [-0.3, -0.25) is 0 Å². The fraction of sp³-hybridized carbons (Fsp3) is 0.900. The maximum atomic E-state index is 5.84. The Labute approximate surface area is 164 Å². The van der Waals surface area contributed by atoms with Crippen LogP contribution in [-0.2, 0) is 0 Å². The van der Waals surface area contributed by atoms with Crippen LogP contribution in [0.3, 0.4) is 0 Å².